The molecule has 2 rings (SSSR count). The van der Waals surface area contributed by atoms with Crippen LogP contribution in [0.15, 0.2) is 18.2 Å². The Morgan fingerprint density at radius 3 is 2.61 bits per heavy atom. The molecule has 1 aliphatic heterocycles. The fourth-order valence-corrected chi connectivity index (χ4v) is 2.58. The summed E-state index contributed by atoms with van der Waals surface area (Å²) in [5.41, 5.74) is 3.64. The topological polar surface area (TPSA) is 20.3 Å². The largest absolute Gasteiger partial charge is 0.334 e. The normalized spacial score (nSPS) is 15.1. The molecule has 98 valence electrons. The Hall–Kier alpha value is -1.31. The van der Waals surface area contributed by atoms with Crippen molar-refractivity contribution in [3.8, 4) is 0 Å². The minimum atomic E-state index is 0.211. The van der Waals surface area contributed by atoms with E-state index in [1.165, 1.54) is 11.1 Å². The SMILES string of the molecule is CCCN1Cc2ccc(CC(C)(C)C)cc2C1=O. The molecule has 0 bridgehead atoms. The fraction of sp³-hybridized carbons (Fsp3) is 0.562. The van der Waals surface area contributed by atoms with Crippen molar-refractivity contribution in [2.75, 3.05) is 6.54 Å². The third-order valence-corrected chi connectivity index (χ3v) is 3.28. The van der Waals surface area contributed by atoms with Gasteiger partial charge in [-0.25, -0.2) is 0 Å². The number of carbonyl (C=O) groups excluding carboxylic acids is 1. The maximum atomic E-state index is 12.2. The molecule has 0 saturated carbocycles. The van der Waals surface area contributed by atoms with Crippen molar-refractivity contribution in [1.82, 2.24) is 4.90 Å². The summed E-state index contributed by atoms with van der Waals surface area (Å²) < 4.78 is 0. The van der Waals surface area contributed by atoms with Crippen LogP contribution >= 0.6 is 0 Å². The van der Waals surface area contributed by atoms with Crippen LogP contribution in [0, 0.1) is 5.41 Å². The van der Waals surface area contributed by atoms with Crippen molar-refractivity contribution in [1.29, 1.82) is 0 Å². The number of rotatable bonds is 3. The summed E-state index contributed by atoms with van der Waals surface area (Å²) in [6, 6.07) is 6.40. The maximum Gasteiger partial charge on any atom is 0.254 e. The van der Waals surface area contributed by atoms with Crippen molar-refractivity contribution in [2.24, 2.45) is 5.41 Å². The predicted molar refractivity (Wildman–Crippen MR) is 74.6 cm³/mol. The van der Waals surface area contributed by atoms with Crippen molar-refractivity contribution < 1.29 is 4.79 Å². The Balaban J connectivity index is 2.22. The molecule has 2 heteroatoms. The molecule has 0 aliphatic carbocycles. The van der Waals surface area contributed by atoms with Crippen LogP contribution in [-0.4, -0.2) is 17.4 Å². The third-order valence-electron chi connectivity index (χ3n) is 3.28. The Morgan fingerprint density at radius 2 is 2.00 bits per heavy atom. The Labute approximate surface area is 110 Å². The second kappa shape index (κ2) is 4.75. The number of amides is 1. The molecule has 0 aromatic heterocycles. The first-order valence-electron chi connectivity index (χ1n) is 6.82. The molecule has 0 atom stereocenters. The second-order valence-corrected chi connectivity index (χ2v) is 6.46. The Kier molecular flexibility index (Phi) is 3.47. The second-order valence-electron chi connectivity index (χ2n) is 6.46. The van der Waals surface area contributed by atoms with Gasteiger partial charge in [0.05, 0.1) is 0 Å². The van der Waals surface area contributed by atoms with E-state index in [1.807, 2.05) is 4.90 Å². The summed E-state index contributed by atoms with van der Waals surface area (Å²) in [6.45, 7) is 10.4. The van der Waals surface area contributed by atoms with Gasteiger partial charge in [-0.1, -0.05) is 39.8 Å². The Morgan fingerprint density at radius 1 is 1.28 bits per heavy atom. The molecular formula is C16H23NO. The lowest BCUT2D eigenvalue weighted by Crippen LogP contribution is -2.24. The smallest absolute Gasteiger partial charge is 0.254 e. The maximum absolute atomic E-state index is 12.2. The fourth-order valence-electron chi connectivity index (χ4n) is 2.58. The lowest BCUT2D eigenvalue weighted by molar-refractivity contribution is 0.0778. The average molecular weight is 245 g/mol. The van der Waals surface area contributed by atoms with Crippen molar-refractivity contribution in [2.45, 2.75) is 47.1 Å². The van der Waals surface area contributed by atoms with Gasteiger partial charge in [-0.3, -0.25) is 4.79 Å². The van der Waals surface area contributed by atoms with E-state index in [4.69, 9.17) is 0 Å². The molecule has 0 fully saturated rings. The summed E-state index contributed by atoms with van der Waals surface area (Å²) >= 11 is 0. The minimum Gasteiger partial charge on any atom is -0.334 e. The quantitative estimate of drug-likeness (QED) is 0.796. The minimum absolute atomic E-state index is 0.211. The summed E-state index contributed by atoms with van der Waals surface area (Å²) in [6.07, 6.45) is 2.04. The molecule has 18 heavy (non-hydrogen) atoms. The number of carbonyl (C=O) groups is 1. The zero-order chi connectivity index (χ0) is 13.3. The highest BCUT2D eigenvalue weighted by atomic mass is 16.2. The van der Waals surface area contributed by atoms with Crippen molar-refractivity contribution in [3.05, 3.63) is 34.9 Å². The van der Waals surface area contributed by atoms with Crippen molar-refractivity contribution in [3.63, 3.8) is 0 Å². The summed E-state index contributed by atoms with van der Waals surface area (Å²) in [7, 11) is 0. The molecule has 2 nitrogen and oxygen atoms in total. The van der Waals surface area contributed by atoms with E-state index < -0.39 is 0 Å². The summed E-state index contributed by atoms with van der Waals surface area (Å²) in [4.78, 5) is 14.2. The van der Waals surface area contributed by atoms with Gasteiger partial charge < -0.3 is 4.90 Å². The van der Waals surface area contributed by atoms with Gasteiger partial charge in [0.25, 0.3) is 5.91 Å². The van der Waals surface area contributed by atoms with Gasteiger partial charge in [0.15, 0.2) is 0 Å². The van der Waals surface area contributed by atoms with Crippen LogP contribution in [0.3, 0.4) is 0 Å². The zero-order valence-corrected chi connectivity index (χ0v) is 11.9. The monoisotopic (exact) mass is 245 g/mol. The van der Waals surface area contributed by atoms with Gasteiger partial charge >= 0.3 is 0 Å². The molecule has 0 spiro atoms. The van der Waals surface area contributed by atoms with E-state index in [0.717, 1.165) is 31.5 Å². The van der Waals surface area contributed by atoms with Gasteiger partial charge in [0.1, 0.15) is 0 Å². The first-order valence-corrected chi connectivity index (χ1v) is 6.82. The summed E-state index contributed by atoms with van der Waals surface area (Å²) in [5.74, 6) is 0.211. The van der Waals surface area contributed by atoms with Crippen LogP contribution in [0.5, 0.6) is 0 Å². The first-order chi connectivity index (χ1) is 8.40. The van der Waals surface area contributed by atoms with Crippen LogP contribution in [0.4, 0.5) is 0 Å². The van der Waals surface area contributed by atoms with E-state index in [9.17, 15) is 4.79 Å². The highest BCUT2D eigenvalue weighted by molar-refractivity contribution is 5.98. The van der Waals surface area contributed by atoms with Crippen LogP contribution in [0.1, 0.15) is 55.6 Å². The van der Waals surface area contributed by atoms with E-state index in [-0.39, 0.29) is 11.3 Å². The first kappa shape index (κ1) is 13.1. The standard InChI is InChI=1S/C16H23NO/c1-5-8-17-11-13-7-6-12(10-16(2,3)4)9-14(13)15(17)18/h6-7,9H,5,8,10-11H2,1-4H3. The van der Waals surface area contributed by atoms with E-state index in [1.54, 1.807) is 0 Å². The number of benzene rings is 1. The van der Waals surface area contributed by atoms with Gasteiger partial charge in [0.2, 0.25) is 0 Å². The van der Waals surface area contributed by atoms with Gasteiger partial charge in [0, 0.05) is 18.7 Å². The van der Waals surface area contributed by atoms with E-state index >= 15 is 0 Å². The highest BCUT2D eigenvalue weighted by Gasteiger charge is 2.27. The number of hydrogen-bond donors (Lipinski definition) is 0. The van der Waals surface area contributed by atoms with E-state index in [2.05, 4.69) is 45.9 Å². The zero-order valence-electron chi connectivity index (χ0n) is 11.9. The molecule has 1 heterocycles. The highest BCUT2D eigenvalue weighted by Crippen LogP contribution is 2.27. The molecule has 1 aromatic carbocycles. The Bertz CT molecular complexity index is 457. The predicted octanol–water partition coefficient (Wildman–Crippen LogP) is 3.64. The van der Waals surface area contributed by atoms with Gasteiger partial charge in [-0.15, -0.1) is 0 Å². The molecule has 1 aromatic rings. The number of nitrogens with zero attached hydrogens (tertiary/aromatic N) is 1. The lowest BCUT2D eigenvalue weighted by Gasteiger charge is -2.18. The molecule has 0 unspecified atom stereocenters. The summed E-state index contributed by atoms with van der Waals surface area (Å²) in [5, 5.41) is 0. The van der Waals surface area contributed by atoms with E-state index in [0.29, 0.717) is 0 Å². The van der Waals surface area contributed by atoms with Crippen LogP contribution < -0.4 is 0 Å². The van der Waals surface area contributed by atoms with Gasteiger partial charge in [-0.2, -0.15) is 0 Å². The molecule has 1 aliphatic rings. The van der Waals surface area contributed by atoms with Crippen molar-refractivity contribution >= 4 is 5.91 Å². The van der Waals surface area contributed by atoms with Crippen LogP contribution in [-0.2, 0) is 13.0 Å². The molecule has 0 N–H and O–H groups in total. The number of fused-ring (bicyclic) bond motifs is 1. The van der Waals surface area contributed by atoms with Crippen LogP contribution in [0.25, 0.3) is 0 Å². The molecule has 1 amide bonds. The average Bonchev–Trinajstić information content (AvgIpc) is 2.55. The molecular weight excluding hydrogens is 222 g/mol. The molecule has 0 radical (unpaired) electrons. The molecule has 0 saturated heterocycles. The number of hydrogen-bond acceptors (Lipinski definition) is 1. The van der Waals surface area contributed by atoms with Crippen LogP contribution in [0.2, 0.25) is 0 Å². The van der Waals surface area contributed by atoms with Gasteiger partial charge in [-0.05, 0) is 35.4 Å². The third kappa shape index (κ3) is 2.74. The lowest BCUT2D eigenvalue weighted by atomic mass is 9.87.